The number of esters is 1. The maximum atomic E-state index is 13.0. The van der Waals surface area contributed by atoms with E-state index in [0.717, 1.165) is 5.56 Å². The van der Waals surface area contributed by atoms with Gasteiger partial charge >= 0.3 is 5.97 Å². The quantitative estimate of drug-likeness (QED) is 0.831. The topological polar surface area (TPSA) is 61.6 Å². The van der Waals surface area contributed by atoms with Gasteiger partial charge in [-0.05, 0) is 43.7 Å². The summed E-state index contributed by atoms with van der Waals surface area (Å²) in [5.41, 5.74) is 6.38. The van der Waals surface area contributed by atoms with E-state index in [1.54, 1.807) is 13.8 Å². The Balaban J connectivity index is 2.21. The molecule has 2 aromatic rings. The van der Waals surface area contributed by atoms with Gasteiger partial charge in [-0.2, -0.15) is 0 Å². The van der Waals surface area contributed by atoms with E-state index >= 15 is 0 Å². The van der Waals surface area contributed by atoms with Gasteiger partial charge in [0.05, 0.1) is 0 Å². The van der Waals surface area contributed by atoms with Crippen molar-refractivity contribution in [3.05, 3.63) is 66.0 Å². The van der Waals surface area contributed by atoms with Crippen molar-refractivity contribution in [2.24, 2.45) is 5.73 Å². The van der Waals surface area contributed by atoms with Gasteiger partial charge in [0, 0.05) is 0 Å². The molecule has 0 radical (unpaired) electrons. The second-order valence-electron chi connectivity index (χ2n) is 5.33. The number of carbonyl (C=O) groups is 1. The van der Waals surface area contributed by atoms with Crippen molar-refractivity contribution in [3.8, 4) is 5.75 Å². The number of halogens is 1. The molecule has 2 aromatic carbocycles. The normalized spacial score (nSPS) is 14.6. The Morgan fingerprint density at radius 2 is 1.65 bits per heavy atom. The van der Waals surface area contributed by atoms with Crippen LogP contribution in [0.2, 0.25) is 0 Å². The van der Waals surface area contributed by atoms with Crippen molar-refractivity contribution in [1.29, 1.82) is 0 Å². The van der Waals surface area contributed by atoms with Gasteiger partial charge in [0.2, 0.25) is 0 Å². The third-order valence-electron chi connectivity index (χ3n) is 3.30. The first-order chi connectivity index (χ1) is 11.0. The second-order valence-corrected chi connectivity index (χ2v) is 5.33. The molecule has 4 nitrogen and oxygen atoms in total. The van der Waals surface area contributed by atoms with Crippen LogP contribution in [0.4, 0.5) is 4.39 Å². The van der Waals surface area contributed by atoms with Crippen molar-refractivity contribution in [3.63, 3.8) is 0 Å². The Bertz CT molecular complexity index is 628. The zero-order chi connectivity index (χ0) is 16.8. The molecular weight excluding hydrogens is 297 g/mol. The predicted molar refractivity (Wildman–Crippen MR) is 85.4 cm³/mol. The minimum atomic E-state index is -0.709. The predicted octanol–water partition coefficient (Wildman–Crippen LogP) is 3.22. The van der Waals surface area contributed by atoms with E-state index in [1.165, 1.54) is 24.3 Å². The summed E-state index contributed by atoms with van der Waals surface area (Å²) >= 11 is 0. The van der Waals surface area contributed by atoms with Gasteiger partial charge < -0.3 is 15.2 Å². The van der Waals surface area contributed by atoms with Gasteiger partial charge in [-0.15, -0.1) is 0 Å². The lowest BCUT2D eigenvalue weighted by molar-refractivity contribution is -0.154. The van der Waals surface area contributed by atoms with Gasteiger partial charge in [-0.1, -0.05) is 30.3 Å². The first-order valence-electron chi connectivity index (χ1n) is 7.40. The fourth-order valence-corrected chi connectivity index (χ4v) is 2.09. The van der Waals surface area contributed by atoms with E-state index < -0.39 is 24.2 Å². The fourth-order valence-electron chi connectivity index (χ4n) is 2.09. The Hall–Kier alpha value is -2.40. The zero-order valence-electron chi connectivity index (χ0n) is 13.1. The van der Waals surface area contributed by atoms with E-state index in [2.05, 4.69) is 0 Å². The third kappa shape index (κ3) is 4.79. The minimum absolute atomic E-state index is 0.343. The second kappa shape index (κ2) is 7.74. The molecule has 0 bridgehead atoms. The molecule has 2 rings (SSSR count). The maximum absolute atomic E-state index is 13.0. The summed E-state index contributed by atoms with van der Waals surface area (Å²) in [5, 5.41) is 0. The summed E-state index contributed by atoms with van der Waals surface area (Å²) in [7, 11) is 0. The van der Waals surface area contributed by atoms with Crippen LogP contribution in [0.1, 0.15) is 25.5 Å². The molecule has 0 aliphatic rings. The SMILES string of the molecule is C[C@H](N)C(=O)O[C@@H](C)[C@H](Oc1ccc(F)cc1)c1ccccc1. The highest BCUT2D eigenvalue weighted by Gasteiger charge is 2.26. The Morgan fingerprint density at radius 1 is 1.04 bits per heavy atom. The molecular formula is C18H20FNO3. The van der Waals surface area contributed by atoms with Crippen LogP contribution in [-0.2, 0) is 9.53 Å². The van der Waals surface area contributed by atoms with E-state index in [9.17, 15) is 9.18 Å². The lowest BCUT2D eigenvalue weighted by Crippen LogP contribution is -2.34. The van der Waals surface area contributed by atoms with Crippen LogP contribution < -0.4 is 10.5 Å². The van der Waals surface area contributed by atoms with Gasteiger partial charge in [0.15, 0.2) is 6.10 Å². The number of rotatable bonds is 6. The van der Waals surface area contributed by atoms with Crippen molar-refractivity contribution >= 4 is 5.97 Å². The standard InChI is InChI=1S/C18H20FNO3/c1-12(20)18(21)22-13(2)17(14-6-4-3-5-7-14)23-16-10-8-15(19)9-11-16/h3-13,17H,20H2,1-2H3/t12-,13-,17-/m0/s1. The van der Waals surface area contributed by atoms with Crippen LogP contribution in [0.5, 0.6) is 5.75 Å². The highest BCUT2D eigenvalue weighted by Crippen LogP contribution is 2.27. The van der Waals surface area contributed by atoms with Crippen LogP contribution in [0, 0.1) is 5.82 Å². The molecule has 0 heterocycles. The van der Waals surface area contributed by atoms with Crippen molar-refractivity contribution in [2.45, 2.75) is 32.1 Å². The first-order valence-corrected chi connectivity index (χ1v) is 7.40. The van der Waals surface area contributed by atoms with Crippen molar-refractivity contribution in [1.82, 2.24) is 0 Å². The fraction of sp³-hybridized carbons (Fsp3) is 0.278. The average molecular weight is 317 g/mol. The molecule has 122 valence electrons. The Labute approximate surface area is 135 Å². The van der Waals surface area contributed by atoms with E-state index in [-0.39, 0.29) is 5.82 Å². The Kier molecular flexibility index (Phi) is 5.71. The average Bonchev–Trinajstić information content (AvgIpc) is 2.54. The summed E-state index contributed by atoms with van der Waals surface area (Å²) in [6.45, 7) is 3.30. The zero-order valence-corrected chi connectivity index (χ0v) is 13.1. The molecule has 2 N–H and O–H groups in total. The van der Waals surface area contributed by atoms with Crippen LogP contribution in [0.3, 0.4) is 0 Å². The minimum Gasteiger partial charge on any atom is -0.482 e. The Morgan fingerprint density at radius 3 is 2.22 bits per heavy atom. The molecule has 0 aliphatic heterocycles. The van der Waals surface area contributed by atoms with Gasteiger partial charge in [-0.25, -0.2) is 4.39 Å². The molecule has 0 fully saturated rings. The molecule has 0 saturated heterocycles. The van der Waals surface area contributed by atoms with Crippen molar-refractivity contribution < 1.29 is 18.7 Å². The summed E-state index contributed by atoms with van der Waals surface area (Å²) in [6.07, 6.45) is -1.08. The van der Waals surface area contributed by atoms with E-state index in [4.69, 9.17) is 15.2 Å². The van der Waals surface area contributed by atoms with Crippen molar-refractivity contribution in [2.75, 3.05) is 0 Å². The van der Waals surface area contributed by atoms with Gasteiger partial charge in [0.1, 0.15) is 23.7 Å². The van der Waals surface area contributed by atoms with Crippen LogP contribution >= 0.6 is 0 Å². The molecule has 0 aliphatic carbocycles. The van der Waals surface area contributed by atoms with Crippen LogP contribution in [-0.4, -0.2) is 18.1 Å². The number of hydrogen-bond acceptors (Lipinski definition) is 4. The first kappa shape index (κ1) is 17.0. The lowest BCUT2D eigenvalue weighted by Gasteiger charge is -2.26. The van der Waals surface area contributed by atoms with E-state index in [0.29, 0.717) is 5.75 Å². The largest absolute Gasteiger partial charge is 0.482 e. The van der Waals surface area contributed by atoms with Gasteiger partial charge in [-0.3, -0.25) is 4.79 Å². The molecule has 5 heteroatoms. The summed E-state index contributed by atoms with van der Waals surface area (Å²) in [6, 6.07) is 14.4. The summed E-state index contributed by atoms with van der Waals surface area (Å²) in [5.74, 6) is -0.352. The molecule has 0 amide bonds. The number of carbonyl (C=O) groups excluding carboxylic acids is 1. The smallest absolute Gasteiger partial charge is 0.323 e. The number of hydrogen-bond donors (Lipinski definition) is 1. The van der Waals surface area contributed by atoms with Crippen LogP contribution in [0.15, 0.2) is 54.6 Å². The number of benzene rings is 2. The maximum Gasteiger partial charge on any atom is 0.323 e. The molecule has 23 heavy (non-hydrogen) atoms. The molecule has 0 saturated carbocycles. The summed E-state index contributed by atoms with van der Waals surface area (Å²) < 4.78 is 24.3. The molecule has 0 aromatic heterocycles. The van der Waals surface area contributed by atoms with Crippen LogP contribution in [0.25, 0.3) is 0 Å². The molecule has 0 unspecified atom stereocenters. The van der Waals surface area contributed by atoms with Gasteiger partial charge in [0.25, 0.3) is 0 Å². The molecule has 3 atom stereocenters. The number of nitrogens with two attached hydrogens (primary N) is 1. The highest BCUT2D eigenvalue weighted by atomic mass is 19.1. The number of ether oxygens (including phenoxy) is 2. The third-order valence-corrected chi connectivity index (χ3v) is 3.30. The molecule has 0 spiro atoms. The lowest BCUT2D eigenvalue weighted by atomic mass is 10.0. The highest BCUT2D eigenvalue weighted by molar-refractivity contribution is 5.75. The monoisotopic (exact) mass is 317 g/mol. The van der Waals surface area contributed by atoms with E-state index in [1.807, 2.05) is 30.3 Å². The summed E-state index contributed by atoms with van der Waals surface area (Å²) in [4.78, 5) is 11.7.